The number of nitrogens with one attached hydrogen (secondary N) is 2. The van der Waals surface area contributed by atoms with Crippen molar-refractivity contribution in [1.29, 1.82) is 5.41 Å². The van der Waals surface area contributed by atoms with E-state index in [1.54, 1.807) is 12.1 Å². The zero-order valence-corrected chi connectivity index (χ0v) is 13.4. The number of alkyl halides is 3. The maximum absolute atomic E-state index is 13.7. The fourth-order valence-corrected chi connectivity index (χ4v) is 3.24. The number of rotatable bonds is 6. The third-order valence-corrected chi connectivity index (χ3v) is 4.98. The van der Waals surface area contributed by atoms with Gasteiger partial charge in [-0.1, -0.05) is 18.6 Å². The number of halogens is 3. The Morgan fingerprint density at radius 2 is 1.96 bits per heavy atom. The van der Waals surface area contributed by atoms with Crippen LogP contribution in [0.4, 0.5) is 13.2 Å². The molecule has 1 atom stereocenters. The Balaban J connectivity index is 2.02. The Kier molecular flexibility index (Phi) is 4.67. The molecule has 2 saturated carbocycles. The molecule has 3 nitrogen and oxygen atoms in total. The number of hydrogen-bond donors (Lipinski definition) is 3. The molecule has 3 rings (SSSR count). The third-order valence-electron chi connectivity index (χ3n) is 4.98. The van der Waals surface area contributed by atoms with Gasteiger partial charge in [-0.15, -0.1) is 0 Å². The van der Waals surface area contributed by atoms with Gasteiger partial charge in [0.05, 0.1) is 5.56 Å². The van der Waals surface area contributed by atoms with Gasteiger partial charge in [0, 0.05) is 30.1 Å². The molecule has 4 N–H and O–H groups in total. The van der Waals surface area contributed by atoms with Crippen LogP contribution >= 0.6 is 0 Å². The van der Waals surface area contributed by atoms with Gasteiger partial charge in [-0.05, 0) is 48.8 Å². The molecule has 6 heteroatoms. The van der Waals surface area contributed by atoms with Crippen molar-refractivity contribution in [2.24, 2.45) is 11.7 Å². The SMILES string of the molecule is N=C/C(=C\N)c1ccc(C(NC2CC2)C2CCC2)c(C(F)(F)F)c1. The Bertz CT molecular complexity index is 643. The molecule has 1 aromatic rings. The van der Waals surface area contributed by atoms with E-state index < -0.39 is 11.7 Å². The van der Waals surface area contributed by atoms with Crippen LogP contribution < -0.4 is 11.1 Å². The van der Waals surface area contributed by atoms with E-state index in [2.05, 4.69) is 5.32 Å². The Morgan fingerprint density at radius 1 is 1.25 bits per heavy atom. The van der Waals surface area contributed by atoms with Gasteiger partial charge in [-0.2, -0.15) is 13.2 Å². The van der Waals surface area contributed by atoms with Crippen LogP contribution in [0.2, 0.25) is 0 Å². The largest absolute Gasteiger partial charge is 0.416 e. The lowest BCUT2D eigenvalue weighted by Gasteiger charge is -2.36. The molecular weight excluding hydrogens is 315 g/mol. The highest BCUT2D eigenvalue weighted by molar-refractivity contribution is 6.08. The van der Waals surface area contributed by atoms with Crippen LogP contribution in [0.3, 0.4) is 0 Å². The van der Waals surface area contributed by atoms with Crippen molar-refractivity contribution >= 4 is 11.8 Å². The van der Waals surface area contributed by atoms with Crippen LogP contribution in [0.1, 0.15) is 54.8 Å². The van der Waals surface area contributed by atoms with E-state index in [4.69, 9.17) is 11.1 Å². The van der Waals surface area contributed by atoms with Crippen LogP contribution in [-0.4, -0.2) is 12.3 Å². The van der Waals surface area contributed by atoms with Crippen molar-refractivity contribution in [2.45, 2.75) is 50.4 Å². The quantitative estimate of drug-likeness (QED) is 0.680. The summed E-state index contributed by atoms with van der Waals surface area (Å²) in [7, 11) is 0. The maximum atomic E-state index is 13.7. The predicted octanol–water partition coefficient (Wildman–Crippen LogP) is 4.25. The highest BCUT2D eigenvalue weighted by atomic mass is 19.4. The minimum atomic E-state index is -4.43. The van der Waals surface area contributed by atoms with Gasteiger partial charge in [0.15, 0.2) is 0 Å². The molecule has 24 heavy (non-hydrogen) atoms. The highest BCUT2D eigenvalue weighted by Crippen LogP contribution is 2.44. The van der Waals surface area contributed by atoms with Gasteiger partial charge < -0.3 is 16.5 Å². The average molecular weight is 337 g/mol. The van der Waals surface area contributed by atoms with E-state index >= 15 is 0 Å². The second kappa shape index (κ2) is 6.59. The summed E-state index contributed by atoms with van der Waals surface area (Å²) in [5.41, 5.74) is 5.72. The van der Waals surface area contributed by atoms with Gasteiger partial charge in [0.2, 0.25) is 0 Å². The van der Waals surface area contributed by atoms with E-state index in [1.807, 2.05) is 0 Å². The van der Waals surface area contributed by atoms with Crippen molar-refractivity contribution in [3.8, 4) is 0 Å². The molecule has 0 saturated heterocycles. The molecule has 1 aromatic carbocycles. The number of hydrogen-bond acceptors (Lipinski definition) is 3. The lowest BCUT2D eigenvalue weighted by molar-refractivity contribution is -0.138. The van der Waals surface area contributed by atoms with Gasteiger partial charge >= 0.3 is 6.18 Å². The second-order valence-corrected chi connectivity index (χ2v) is 6.68. The summed E-state index contributed by atoms with van der Waals surface area (Å²) in [5, 5.41) is 10.7. The lowest BCUT2D eigenvalue weighted by Crippen LogP contribution is -2.35. The fourth-order valence-electron chi connectivity index (χ4n) is 3.24. The van der Waals surface area contributed by atoms with E-state index in [0.29, 0.717) is 17.2 Å². The zero-order chi connectivity index (χ0) is 17.3. The maximum Gasteiger partial charge on any atom is 0.416 e. The second-order valence-electron chi connectivity index (χ2n) is 6.68. The fraction of sp³-hybridized carbons (Fsp3) is 0.500. The van der Waals surface area contributed by atoms with Gasteiger partial charge in [-0.25, -0.2) is 0 Å². The molecule has 130 valence electrons. The Hall–Kier alpha value is -1.82. The van der Waals surface area contributed by atoms with Gasteiger partial charge in [-0.3, -0.25) is 0 Å². The van der Waals surface area contributed by atoms with Crippen molar-refractivity contribution in [1.82, 2.24) is 5.32 Å². The summed E-state index contributed by atoms with van der Waals surface area (Å²) < 4.78 is 41.0. The summed E-state index contributed by atoms with van der Waals surface area (Å²) in [6.07, 6.45) is 2.80. The molecule has 0 heterocycles. The van der Waals surface area contributed by atoms with Crippen molar-refractivity contribution < 1.29 is 13.2 Å². The average Bonchev–Trinajstić information content (AvgIpc) is 3.29. The standard InChI is InChI=1S/C18H22F3N3/c19-18(20,21)16-8-12(13(9-22)10-23)4-7-15(16)17(11-2-1-3-11)24-14-5-6-14/h4,7-11,14,17,22,24H,1-3,5-6,23H2/b13-10+,22-9?. The van der Waals surface area contributed by atoms with Crippen LogP contribution in [0.5, 0.6) is 0 Å². The first kappa shape index (κ1) is 17.0. The lowest BCUT2D eigenvalue weighted by atomic mass is 9.75. The molecule has 0 spiro atoms. The first-order valence-corrected chi connectivity index (χ1v) is 8.34. The minimum absolute atomic E-state index is 0.248. The van der Waals surface area contributed by atoms with Crippen LogP contribution in [0, 0.1) is 11.3 Å². The van der Waals surface area contributed by atoms with E-state index in [0.717, 1.165) is 50.6 Å². The van der Waals surface area contributed by atoms with E-state index in [1.165, 1.54) is 0 Å². The summed E-state index contributed by atoms with van der Waals surface area (Å²) in [6, 6.07) is 4.41. The smallest absolute Gasteiger partial charge is 0.404 e. The van der Waals surface area contributed by atoms with Gasteiger partial charge in [0.1, 0.15) is 0 Å². The molecule has 2 aliphatic carbocycles. The predicted molar refractivity (Wildman–Crippen MR) is 88.6 cm³/mol. The normalized spacial score (nSPS) is 20.5. The first-order chi connectivity index (χ1) is 11.4. The number of allylic oxidation sites excluding steroid dienone is 1. The molecule has 2 fully saturated rings. The van der Waals surface area contributed by atoms with E-state index in [9.17, 15) is 13.2 Å². The highest BCUT2D eigenvalue weighted by Gasteiger charge is 2.40. The molecule has 0 bridgehead atoms. The molecule has 1 unspecified atom stereocenters. The van der Waals surface area contributed by atoms with Crippen LogP contribution in [0.25, 0.3) is 5.57 Å². The minimum Gasteiger partial charge on any atom is -0.404 e. The summed E-state index contributed by atoms with van der Waals surface area (Å²) >= 11 is 0. The monoisotopic (exact) mass is 337 g/mol. The van der Waals surface area contributed by atoms with Crippen molar-refractivity contribution in [2.75, 3.05) is 0 Å². The zero-order valence-electron chi connectivity index (χ0n) is 13.4. The molecular formula is C18H22F3N3. The first-order valence-electron chi connectivity index (χ1n) is 8.34. The molecule has 0 aromatic heterocycles. The van der Waals surface area contributed by atoms with E-state index in [-0.39, 0.29) is 17.5 Å². The number of benzene rings is 1. The topological polar surface area (TPSA) is 61.9 Å². The van der Waals surface area contributed by atoms with Crippen molar-refractivity contribution in [3.05, 3.63) is 41.1 Å². The Morgan fingerprint density at radius 3 is 2.42 bits per heavy atom. The molecule has 0 amide bonds. The summed E-state index contributed by atoms with van der Waals surface area (Å²) in [5.74, 6) is 0.268. The third kappa shape index (κ3) is 3.48. The number of nitrogens with two attached hydrogens (primary N) is 1. The summed E-state index contributed by atoms with van der Waals surface area (Å²) in [4.78, 5) is 0. The van der Waals surface area contributed by atoms with Crippen molar-refractivity contribution in [3.63, 3.8) is 0 Å². The Labute approximate surface area is 139 Å². The van der Waals surface area contributed by atoms with Gasteiger partial charge in [0.25, 0.3) is 0 Å². The van der Waals surface area contributed by atoms with Crippen LogP contribution in [0.15, 0.2) is 24.4 Å². The summed E-state index contributed by atoms with van der Waals surface area (Å²) in [6.45, 7) is 0. The molecule has 0 radical (unpaired) electrons. The van der Waals surface area contributed by atoms with Crippen LogP contribution in [-0.2, 0) is 6.18 Å². The molecule has 0 aliphatic heterocycles. The molecule has 2 aliphatic rings.